The maximum atomic E-state index is 11.8. The van der Waals surface area contributed by atoms with Gasteiger partial charge in [0.15, 0.2) is 0 Å². The van der Waals surface area contributed by atoms with Crippen LogP contribution in [0.5, 0.6) is 6.01 Å². The van der Waals surface area contributed by atoms with Crippen LogP contribution >= 0.6 is 0 Å². The Hall–Kier alpha value is -2.10. The first-order valence-electron chi connectivity index (χ1n) is 4.49. The maximum absolute atomic E-state index is 11.8. The SMILES string of the molecule is COc1n[nH]c(NS(=O)(=O)c2cnn(C)c2)n1. The molecule has 0 atom stereocenters. The molecule has 92 valence electrons. The minimum atomic E-state index is -3.71. The lowest BCUT2D eigenvalue weighted by atomic mass is 10.7. The molecule has 17 heavy (non-hydrogen) atoms. The zero-order valence-corrected chi connectivity index (χ0v) is 9.89. The summed E-state index contributed by atoms with van der Waals surface area (Å²) in [4.78, 5) is 3.78. The van der Waals surface area contributed by atoms with Crippen molar-refractivity contribution in [1.82, 2.24) is 25.0 Å². The van der Waals surface area contributed by atoms with E-state index < -0.39 is 10.0 Å². The number of aromatic nitrogens is 5. The Bertz CT molecular complexity index is 615. The molecule has 10 heteroatoms. The molecule has 0 saturated heterocycles. The van der Waals surface area contributed by atoms with E-state index in [1.807, 2.05) is 0 Å². The minimum Gasteiger partial charge on any atom is -0.466 e. The van der Waals surface area contributed by atoms with Gasteiger partial charge in [-0.1, -0.05) is 0 Å². The monoisotopic (exact) mass is 258 g/mol. The molecule has 0 aliphatic heterocycles. The van der Waals surface area contributed by atoms with Crippen LogP contribution in [0.2, 0.25) is 0 Å². The number of nitrogens with zero attached hydrogens (tertiary/aromatic N) is 4. The predicted molar refractivity (Wildman–Crippen MR) is 57.0 cm³/mol. The third-order valence-electron chi connectivity index (χ3n) is 1.87. The topological polar surface area (TPSA) is 115 Å². The number of hydrogen-bond acceptors (Lipinski definition) is 6. The molecule has 9 nitrogen and oxygen atoms in total. The molecule has 2 N–H and O–H groups in total. The Balaban J connectivity index is 2.23. The van der Waals surface area contributed by atoms with Crippen molar-refractivity contribution in [3.8, 4) is 6.01 Å². The standard InChI is InChI=1S/C7H10N6O3S/c1-13-4-5(3-8-13)17(14,15)12-6-9-7(16-2)11-10-6/h3-4H,1-2H3,(H2,9,10,11,12). The number of aromatic amines is 1. The van der Waals surface area contributed by atoms with Gasteiger partial charge in [-0.3, -0.25) is 4.68 Å². The zero-order chi connectivity index (χ0) is 12.5. The normalized spacial score (nSPS) is 11.4. The van der Waals surface area contributed by atoms with Crippen LogP contribution in [-0.2, 0) is 17.1 Å². The number of rotatable bonds is 4. The number of H-pyrrole nitrogens is 1. The molecule has 0 aliphatic carbocycles. The first kappa shape index (κ1) is 11.4. The van der Waals surface area contributed by atoms with Crippen LogP contribution < -0.4 is 9.46 Å². The summed E-state index contributed by atoms with van der Waals surface area (Å²) in [5, 5.41) is 9.77. The Labute approximate surface area is 96.9 Å². The number of nitrogens with one attached hydrogen (secondary N) is 2. The molecular formula is C7H10N6O3S. The van der Waals surface area contributed by atoms with Gasteiger partial charge in [0.1, 0.15) is 4.90 Å². The summed E-state index contributed by atoms with van der Waals surface area (Å²) in [6.07, 6.45) is 2.60. The average Bonchev–Trinajstić information content (AvgIpc) is 2.86. The van der Waals surface area contributed by atoms with Crippen molar-refractivity contribution >= 4 is 16.0 Å². The van der Waals surface area contributed by atoms with Crippen LogP contribution in [-0.4, -0.2) is 40.5 Å². The van der Waals surface area contributed by atoms with Crippen molar-refractivity contribution in [2.45, 2.75) is 4.90 Å². The van der Waals surface area contributed by atoms with Crippen LogP contribution in [0, 0.1) is 0 Å². The third-order valence-corrected chi connectivity index (χ3v) is 3.16. The van der Waals surface area contributed by atoms with Crippen molar-refractivity contribution in [3.05, 3.63) is 12.4 Å². The predicted octanol–water partition coefficient (Wildman–Crippen LogP) is -0.652. The minimum absolute atomic E-state index is 0.0225. The molecule has 0 unspecified atom stereocenters. The van der Waals surface area contributed by atoms with E-state index in [4.69, 9.17) is 4.74 Å². The van der Waals surface area contributed by atoms with Crippen molar-refractivity contribution in [1.29, 1.82) is 0 Å². The van der Waals surface area contributed by atoms with E-state index in [0.717, 1.165) is 0 Å². The molecule has 0 saturated carbocycles. The smallest absolute Gasteiger partial charge is 0.336 e. The van der Waals surface area contributed by atoms with E-state index in [1.54, 1.807) is 7.05 Å². The van der Waals surface area contributed by atoms with E-state index in [1.165, 1.54) is 24.2 Å². The molecule has 2 rings (SSSR count). The fourth-order valence-corrected chi connectivity index (χ4v) is 2.05. The summed E-state index contributed by atoms with van der Waals surface area (Å²) >= 11 is 0. The Morgan fingerprint density at radius 3 is 2.82 bits per heavy atom. The number of ether oxygens (including phenoxy) is 1. The fraction of sp³-hybridized carbons (Fsp3) is 0.286. The number of methoxy groups -OCH3 is 1. The Morgan fingerprint density at radius 2 is 2.29 bits per heavy atom. The summed E-state index contributed by atoms with van der Waals surface area (Å²) in [7, 11) is -0.711. The highest BCUT2D eigenvalue weighted by atomic mass is 32.2. The molecule has 2 aromatic heterocycles. The molecule has 0 radical (unpaired) electrons. The van der Waals surface area contributed by atoms with E-state index in [0.29, 0.717) is 0 Å². The molecule has 0 fully saturated rings. The molecule has 0 amide bonds. The van der Waals surface area contributed by atoms with Gasteiger partial charge in [0.05, 0.1) is 13.3 Å². The summed E-state index contributed by atoms with van der Waals surface area (Å²) in [5.74, 6) is -0.0225. The van der Waals surface area contributed by atoms with Crippen LogP contribution in [0.25, 0.3) is 0 Å². The molecule has 0 spiro atoms. The molecule has 2 heterocycles. The molecular weight excluding hydrogens is 248 g/mol. The van der Waals surface area contributed by atoms with E-state index in [9.17, 15) is 8.42 Å². The molecule has 0 bridgehead atoms. The van der Waals surface area contributed by atoms with Crippen molar-refractivity contribution in [3.63, 3.8) is 0 Å². The summed E-state index contributed by atoms with van der Waals surface area (Å²) in [5.41, 5.74) is 0. The second kappa shape index (κ2) is 4.05. The van der Waals surface area contributed by atoms with E-state index in [-0.39, 0.29) is 16.9 Å². The molecule has 2 aromatic rings. The van der Waals surface area contributed by atoms with E-state index in [2.05, 4.69) is 25.0 Å². The molecule has 0 aliphatic rings. The largest absolute Gasteiger partial charge is 0.466 e. The quantitative estimate of drug-likeness (QED) is 0.752. The number of aryl methyl sites for hydroxylation is 1. The maximum Gasteiger partial charge on any atom is 0.336 e. The van der Waals surface area contributed by atoms with Gasteiger partial charge in [-0.2, -0.15) is 10.1 Å². The average molecular weight is 258 g/mol. The number of anilines is 1. The van der Waals surface area contributed by atoms with Gasteiger partial charge >= 0.3 is 6.01 Å². The summed E-state index contributed by atoms with van der Waals surface area (Å²) in [6.45, 7) is 0. The molecule has 0 aromatic carbocycles. The zero-order valence-electron chi connectivity index (χ0n) is 9.08. The van der Waals surface area contributed by atoms with Crippen molar-refractivity contribution in [2.75, 3.05) is 11.8 Å². The van der Waals surface area contributed by atoms with Crippen LogP contribution in [0.1, 0.15) is 0 Å². The van der Waals surface area contributed by atoms with Crippen LogP contribution in [0.4, 0.5) is 5.95 Å². The van der Waals surface area contributed by atoms with Gasteiger partial charge in [-0.25, -0.2) is 18.2 Å². The second-order valence-electron chi connectivity index (χ2n) is 3.13. The first-order chi connectivity index (χ1) is 8.01. The van der Waals surface area contributed by atoms with Gasteiger partial charge in [-0.05, 0) is 0 Å². The third kappa shape index (κ3) is 2.36. The Morgan fingerprint density at radius 1 is 1.53 bits per heavy atom. The second-order valence-corrected chi connectivity index (χ2v) is 4.81. The van der Waals surface area contributed by atoms with Gasteiger partial charge in [0, 0.05) is 13.2 Å². The number of hydrogen-bond donors (Lipinski definition) is 2. The Kier molecular flexibility index (Phi) is 2.71. The summed E-state index contributed by atoms with van der Waals surface area (Å²) < 4.78 is 32.0. The van der Waals surface area contributed by atoms with Gasteiger partial charge in [-0.15, -0.1) is 5.10 Å². The highest BCUT2D eigenvalue weighted by Gasteiger charge is 2.18. The lowest BCUT2D eigenvalue weighted by Gasteiger charge is -2.00. The number of sulfonamides is 1. The lowest BCUT2D eigenvalue weighted by molar-refractivity contribution is 0.382. The highest BCUT2D eigenvalue weighted by Crippen LogP contribution is 2.12. The van der Waals surface area contributed by atoms with Crippen LogP contribution in [0.15, 0.2) is 17.3 Å². The lowest BCUT2D eigenvalue weighted by Crippen LogP contribution is -2.13. The van der Waals surface area contributed by atoms with Gasteiger partial charge in [0.25, 0.3) is 10.0 Å². The van der Waals surface area contributed by atoms with E-state index >= 15 is 0 Å². The first-order valence-corrected chi connectivity index (χ1v) is 5.97. The van der Waals surface area contributed by atoms with Crippen molar-refractivity contribution in [2.24, 2.45) is 7.05 Å². The highest BCUT2D eigenvalue weighted by molar-refractivity contribution is 7.92. The summed E-state index contributed by atoms with van der Waals surface area (Å²) in [6, 6.07) is 0.0499. The van der Waals surface area contributed by atoms with Gasteiger partial charge < -0.3 is 4.74 Å². The van der Waals surface area contributed by atoms with Gasteiger partial charge in [0.2, 0.25) is 5.95 Å². The van der Waals surface area contributed by atoms with Crippen molar-refractivity contribution < 1.29 is 13.2 Å². The van der Waals surface area contributed by atoms with Crippen LogP contribution in [0.3, 0.4) is 0 Å². The fourth-order valence-electron chi connectivity index (χ4n) is 1.11.